The summed E-state index contributed by atoms with van der Waals surface area (Å²) in [7, 11) is -4.57. The Balaban J connectivity index is 0.00000196. The molecule has 0 bridgehead atoms. The van der Waals surface area contributed by atoms with Gasteiger partial charge in [0.15, 0.2) is 0 Å². The molecule has 1 rings (SSSR count). The number of hydrogen-bond donors (Lipinski definition) is 0. The van der Waals surface area contributed by atoms with Crippen LogP contribution in [0.4, 0.5) is 0 Å². The summed E-state index contributed by atoms with van der Waals surface area (Å²) >= 11 is 0. The molecule has 0 aliphatic heterocycles. The SMILES string of the molecule is N#Cc1ccc(S(=O)(=O)[O-])cc1C#N.[K+]. The van der Waals surface area contributed by atoms with E-state index in [-0.39, 0.29) is 62.5 Å². The summed E-state index contributed by atoms with van der Waals surface area (Å²) in [5.41, 5.74) is -0.0793. The van der Waals surface area contributed by atoms with Crippen molar-refractivity contribution in [1.82, 2.24) is 0 Å². The van der Waals surface area contributed by atoms with E-state index >= 15 is 0 Å². The summed E-state index contributed by atoms with van der Waals surface area (Å²) in [6.45, 7) is 0. The van der Waals surface area contributed by atoms with Crippen LogP contribution in [0.25, 0.3) is 0 Å². The van der Waals surface area contributed by atoms with E-state index in [1.807, 2.05) is 0 Å². The second-order valence-corrected chi connectivity index (χ2v) is 3.76. The van der Waals surface area contributed by atoms with E-state index in [4.69, 9.17) is 10.5 Å². The van der Waals surface area contributed by atoms with Gasteiger partial charge >= 0.3 is 51.4 Å². The second-order valence-electron chi connectivity index (χ2n) is 2.39. The predicted octanol–water partition coefficient (Wildman–Crippen LogP) is -2.66. The number of nitrogens with zero attached hydrogens (tertiary/aromatic N) is 2. The molecule has 5 nitrogen and oxygen atoms in total. The zero-order chi connectivity index (χ0) is 10.8. The summed E-state index contributed by atoms with van der Waals surface area (Å²) < 4.78 is 31.7. The molecule has 1 aromatic rings. The molecular formula is C8H3KN2O3S. The number of benzene rings is 1. The standard InChI is InChI=1S/C8H4N2O3S.K/c9-4-6-1-2-8(14(11,12)13)3-7(6)5-10;/h1-3H,(H,11,12,13);/q;+1/p-1. The molecule has 1 aromatic carbocycles. The van der Waals surface area contributed by atoms with Gasteiger partial charge in [-0.3, -0.25) is 0 Å². The monoisotopic (exact) mass is 246 g/mol. The Bertz CT molecular complexity index is 554. The minimum atomic E-state index is -4.57. The van der Waals surface area contributed by atoms with Gasteiger partial charge in [0.2, 0.25) is 0 Å². The van der Waals surface area contributed by atoms with E-state index in [1.165, 1.54) is 0 Å². The molecule has 7 heteroatoms. The average Bonchev–Trinajstić information content (AvgIpc) is 2.15. The Labute approximate surface area is 129 Å². The van der Waals surface area contributed by atoms with Crippen LogP contribution in [-0.4, -0.2) is 13.0 Å². The molecule has 0 fully saturated rings. The Morgan fingerprint density at radius 3 is 2.07 bits per heavy atom. The fourth-order valence-corrected chi connectivity index (χ4v) is 1.37. The van der Waals surface area contributed by atoms with Crippen molar-refractivity contribution >= 4 is 10.1 Å². The van der Waals surface area contributed by atoms with E-state index in [1.54, 1.807) is 12.1 Å². The van der Waals surface area contributed by atoms with E-state index < -0.39 is 15.0 Å². The molecule has 15 heavy (non-hydrogen) atoms. The van der Waals surface area contributed by atoms with E-state index in [0.717, 1.165) is 18.2 Å². The minimum Gasteiger partial charge on any atom is -0.744 e. The van der Waals surface area contributed by atoms with E-state index in [2.05, 4.69) is 0 Å². The van der Waals surface area contributed by atoms with Crippen LogP contribution in [0, 0.1) is 22.7 Å². The average molecular weight is 246 g/mol. The molecule has 0 saturated carbocycles. The van der Waals surface area contributed by atoms with Gasteiger partial charge in [0.1, 0.15) is 22.3 Å². The van der Waals surface area contributed by atoms with Crippen LogP contribution in [0.3, 0.4) is 0 Å². The molecule has 0 heterocycles. The van der Waals surface area contributed by atoms with Crippen LogP contribution < -0.4 is 51.4 Å². The van der Waals surface area contributed by atoms with E-state index in [0.29, 0.717) is 0 Å². The zero-order valence-electron chi connectivity index (χ0n) is 7.76. The first kappa shape index (κ1) is 14.7. The topological polar surface area (TPSA) is 105 Å². The maximum absolute atomic E-state index is 10.6. The first-order valence-electron chi connectivity index (χ1n) is 3.39. The van der Waals surface area contributed by atoms with Gasteiger partial charge in [0.25, 0.3) is 0 Å². The quantitative estimate of drug-likeness (QED) is 0.397. The van der Waals surface area contributed by atoms with Crippen LogP contribution in [0.1, 0.15) is 11.1 Å². The summed E-state index contributed by atoms with van der Waals surface area (Å²) in [5, 5.41) is 17.1. The molecule has 0 N–H and O–H groups in total. The van der Waals surface area contributed by atoms with Crippen LogP contribution in [0.15, 0.2) is 23.1 Å². The molecule has 0 spiro atoms. The summed E-state index contributed by atoms with van der Waals surface area (Å²) in [6, 6.07) is 6.36. The third-order valence-electron chi connectivity index (χ3n) is 1.52. The molecule has 0 unspecified atom stereocenters. The molecule has 0 atom stereocenters. The van der Waals surface area contributed by atoms with Crippen LogP contribution in [0.2, 0.25) is 0 Å². The molecule has 0 amide bonds. The zero-order valence-corrected chi connectivity index (χ0v) is 11.7. The van der Waals surface area contributed by atoms with Gasteiger partial charge in [-0.15, -0.1) is 0 Å². The van der Waals surface area contributed by atoms with Gasteiger partial charge in [0, 0.05) is 0 Å². The van der Waals surface area contributed by atoms with Crippen LogP contribution >= 0.6 is 0 Å². The third kappa shape index (κ3) is 3.67. The van der Waals surface area contributed by atoms with Gasteiger partial charge in [0.05, 0.1) is 16.0 Å². The van der Waals surface area contributed by atoms with Gasteiger partial charge < -0.3 is 4.55 Å². The Kier molecular flexibility index (Phi) is 5.63. The van der Waals surface area contributed by atoms with Gasteiger partial charge in [-0.2, -0.15) is 10.5 Å². The Hall–Kier alpha value is -0.254. The Morgan fingerprint density at radius 2 is 1.67 bits per heavy atom. The van der Waals surface area contributed by atoms with Crippen molar-refractivity contribution in [1.29, 1.82) is 10.5 Å². The Morgan fingerprint density at radius 1 is 1.13 bits per heavy atom. The van der Waals surface area contributed by atoms with Crippen molar-refractivity contribution in [2.24, 2.45) is 0 Å². The summed E-state index contributed by atoms with van der Waals surface area (Å²) in [5.74, 6) is 0. The molecular weight excluding hydrogens is 243 g/mol. The normalized spacial score (nSPS) is 9.53. The maximum atomic E-state index is 10.6. The van der Waals surface area contributed by atoms with Crippen LogP contribution in [0.5, 0.6) is 0 Å². The number of hydrogen-bond acceptors (Lipinski definition) is 5. The van der Waals surface area contributed by atoms with Crippen molar-refractivity contribution in [3.05, 3.63) is 29.3 Å². The van der Waals surface area contributed by atoms with Crippen LogP contribution in [-0.2, 0) is 10.1 Å². The first-order chi connectivity index (χ1) is 6.49. The fraction of sp³-hybridized carbons (Fsp3) is 0. The molecule has 70 valence electrons. The first-order valence-corrected chi connectivity index (χ1v) is 4.80. The third-order valence-corrected chi connectivity index (χ3v) is 2.35. The molecule has 0 saturated heterocycles. The minimum absolute atomic E-state index is 0. The van der Waals surface area contributed by atoms with Crippen molar-refractivity contribution in [2.75, 3.05) is 0 Å². The molecule has 0 aliphatic carbocycles. The van der Waals surface area contributed by atoms with E-state index in [9.17, 15) is 13.0 Å². The van der Waals surface area contributed by atoms with Gasteiger partial charge in [-0.25, -0.2) is 8.42 Å². The van der Waals surface area contributed by atoms with Gasteiger partial charge in [-0.1, -0.05) is 0 Å². The smallest absolute Gasteiger partial charge is 0.744 e. The van der Waals surface area contributed by atoms with Gasteiger partial charge in [-0.05, 0) is 18.2 Å². The number of nitriles is 2. The molecule has 0 radical (unpaired) electrons. The summed E-state index contributed by atoms with van der Waals surface area (Å²) in [4.78, 5) is -0.506. The summed E-state index contributed by atoms with van der Waals surface area (Å²) in [6.07, 6.45) is 0. The van der Waals surface area contributed by atoms with Crippen molar-refractivity contribution in [3.63, 3.8) is 0 Å². The second kappa shape index (κ2) is 5.73. The van der Waals surface area contributed by atoms with Crippen molar-refractivity contribution in [3.8, 4) is 12.1 Å². The number of rotatable bonds is 1. The molecule has 0 aliphatic rings. The predicted molar refractivity (Wildman–Crippen MR) is 43.8 cm³/mol. The maximum Gasteiger partial charge on any atom is 1.00 e. The fourth-order valence-electron chi connectivity index (χ4n) is 0.869. The largest absolute Gasteiger partial charge is 1.00 e. The van der Waals surface area contributed by atoms with Crippen molar-refractivity contribution < 1.29 is 64.4 Å². The molecule has 0 aromatic heterocycles. The van der Waals surface area contributed by atoms with Crippen molar-refractivity contribution in [2.45, 2.75) is 4.90 Å².